The van der Waals surface area contributed by atoms with Crippen LogP contribution in [-0.4, -0.2) is 130 Å². The number of aromatic nitrogens is 4. The van der Waals surface area contributed by atoms with Crippen LogP contribution in [0.4, 0.5) is 15.9 Å². The van der Waals surface area contributed by atoms with Crippen molar-refractivity contribution in [3.05, 3.63) is 118 Å². The van der Waals surface area contributed by atoms with Gasteiger partial charge in [0.1, 0.15) is 48.2 Å². The van der Waals surface area contributed by atoms with Crippen molar-refractivity contribution in [1.82, 2.24) is 35.5 Å². The van der Waals surface area contributed by atoms with Crippen LogP contribution in [0.5, 0.6) is 11.8 Å². The van der Waals surface area contributed by atoms with Gasteiger partial charge < -0.3 is 51.3 Å². The molecule has 20 heteroatoms. The molecule has 4 aliphatic rings. The predicted octanol–water partition coefficient (Wildman–Crippen LogP) is 4.98. The molecule has 1 saturated carbocycles. The van der Waals surface area contributed by atoms with Gasteiger partial charge in [-0.25, -0.2) is 4.39 Å². The van der Waals surface area contributed by atoms with E-state index in [9.17, 15) is 14.7 Å². The van der Waals surface area contributed by atoms with Crippen molar-refractivity contribution in [3.63, 3.8) is 0 Å². The number of hydrogen-bond acceptors (Lipinski definition) is 16. The third-order valence-corrected chi connectivity index (χ3v) is 15.7. The molecule has 2 amide bonds. The Labute approximate surface area is 458 Å². The standard InChI is InChI=1S/C59H68FN13O6/c1-32(2)53(58(76)72-20-6-7-50(72)57(75)68-49(29-74)39-16-14-37(15-17-39)47-26-64-18-19-65-47)67-27-48(71-63)38-10-8-35(9-11-38)31-78-55-52(51-34(4)45(60)23-46(62)44(51)24-61)42(36-12-13-36)22-43-54(55)69-59(79-30-33(3)77-5)70-56(43)73-28-40-21-41(73)25-66-40/h8-11,14-19,22-24,26-27,32-33,36,40-41,49-50,53,61,66,74H,6-7,12-13,20-21,25,28-31,62-63H2,1-5H3,(H,68,75)/p+1/b61-24?,67-27?,71-48+/t33-,40-,41-,49-,50-,53-/m0/s1. The fourth-order valence-corrected chi connectivity index (χ4v) is 11.1. The summed E-state index contributed by atoms with van der Waals surface area (Å²) in [5.74, 6) is 5.99. The van der Waals surface area contributed by atoms with E-state index in [0.717, 1.165) is 60.2 Å². The number of piperazine rings is 1. The van der Waals surface area contributed by atoms with Gasteiger partial charge >= 0.3 is 6.01 Å². The summed E-state index contributed by atoms with van der Waals surface area (Å²) < 4.78 is 34.8. The number of rotatable bonds is 21. The van der Waals surface area contributed by atoms with Gasteiger partial charge in [-0.3, -0.25) is 30.0 Å². The van der Waals surface area contributed by atoms with Crippen molar-refractivity contribution >= 4 is 52.4 Å². The van der Waals surface area contributed by atoms with E-state index < -0.39 is 23.9 Å². The highest BCUT2D eigenvalue weighted by molar-refractivity contribution is 6.38. The SMILES string of the molecule is CO[C@@H](C)COc1nc(N2C[C@@H]3C[C@H]2CN3)c2cc(C3CC3)c(-c3c(C)c(F)cc(N)c3C=[NH2+])c(OCc3ccc(/C(C=N[C@H](C(=O)N4CCC[C@H]4C(=O)N[C@@H](CO)c4ccc(-c5cnccn5)cc4)C(C)C)=N/N)cc3)c2n1. The number of hydrazone groups is 1. The Morgan fingerprint density at radius 3 is 2.47 bits per heavy atom. The number of fused-ring (bicyclic) bond motifs is 3. The molecule has 6 aromatic rings. The van der Waals surface area contributed by atoms with Gasteiger partial charge in [0.05, 0.1) is 42.4 Å². The quantitative estimate of drug-likeness (QED) is 0.0240. The normalized spacial score (nSPS) is 19.3. The maximum Gasteiger partial charge on any atom is 0.319 e. The Bertz CT molecular complexity index is 3280. The number of likely N-dealkylation sites (tertiary alicyclic amines) is 1. The molecule has 2 bridgehead atoms. The highest BCUT2D eigenvalue weighted by Gasteiger charge is 2.42. The average molecular weight is 1080 g/mol. The number of amides is 2. The molecule has 6 atom stereocenters. The van der Waals surface area contributed by atoms with Crippen molar-refractivity contribution in [3.8, 4) is 34.1 Å². The number of halogens is 1. The molecule has 5 heterocycles. The summed E-state index contributed by atoms with van der Waals surface area (Å²) in [5.41, 5.74) is 14.3. The number of methoxy groups -OCH3 is 1. The summed E-state index contributed by atoms with van der Waals surface area (Å²) in [7, 11) is 1.62. The molecule has 3 saturated heterocycles. The number of nitrogens with one attached hydrogen (secondary N) is 2. The van der Waals surface area contributed by atoms with Crippen molar-refractivity contribution in [2.24, 2.45) is 21.9 Å². The number of aliphatic hydroxyl groups excluding tert-OH is 1. The molecular weight excluding hydrogens is 1010 g/mol. The minimum absolute atomic E-state index is 0.0729. The Hall–Kier alpha value is -7.94. The molecule has 2 aromatic heterocycles. The van der Waals surface area contributed by atoms with Crippen LogP contribution in [0.3, 0.4) is 0 Å². The molecule has 9 N–H and O–H groups in total. The first-order chi connectivity index (χ1) is 38.3. The zero-order valence-electron chi connectivity index (χ0n) is 45.2. The molecule has 0 unspecified atom stereocenters. The number of nitrogen functional groups attached to an aromatic ring is 1. The molecule has 79 heavy (non-hydrogen) atoms. The number of anilines is 2. The summed E-state index contributed by atoms with van der Waals surface area (Å²) in [5, 5.41) is 28.1. The Balaban J connectivity index is 0.913. The van der Waals surface area contributed by atoms with E-state index in [1.807, 2.05) is 69.3 Å². The van der Waals surface area contributed by atoms with E-state index in [-0.39, 0.29) is 67.3 Å². The molecule has 3 aliphatic heterocycles. The molecule has 412 valence electrons. The second kappa shape index (κ2) is 23.6. The number of aliphatic hydroxyl groups is 1. The summed E-state index contributed by atoms with van der Waals surface area (Å²) in [6, 6.07) is 16.8. The molecule has 0 spiro atoms. The van der Waals surface area contributed by atoms with Crippen LogP contribution in [0.1, 0.15) is 98.2 Å². The third-order valence-electron chi connectivity index (χ3n) is 15.7. The topological polar surface area (TPSA) is 267 Å². The molecule has 4 fully saturated rings. The summed E-state index contributed by atoms with van der Waals surface area (Å²) >= 11 is 0. The van der Waals surface area contributed by atoms with Crippen molar-refractivity contribution in [1.29, 1.82) is 0 Å². The Morgan fingerprint density at radius 2 is 1.82 bits per heavy atom. The van der Waals surface area contributed by atoms with Crippen molar-refractivity contribution in [2.45, 2.75) is 109 Å². The van der Waals surface area contributed by atoms with Gasteiger partial charge in [0.15, 0.2) is 12.0 Å². The highest BCUT2D eigenvalue weighted by atomic mass is 19.1. The number of nitrogens with zero attached hydrogens (tertiary/aromatic N) is 8. The maximum atomic E-state index is 16.0. The maximum absolute atomic E-state index is 16.0. The fourth-order valence-electron chi connectivity index (χ4n) is 11.1. The van der Waals surface area contributed by atoms with Crippen molar-refractivity contribution < 1.29 is 38.7 Å². The smallest absolute Gasteiger partial charge is 0.319 e. The van der Waals surface area contributed by atoms with E-state index in [1.165, 1.54) is 18.5 Å². The predicted molar refractivity (Wildman–Crippen MR) is 301 cm³/mol. The van der Waals surface area contributed by atoms with E-state index in [0.29, 0.717) is 81.5 Å². The molecular formula is C59H69FN13O6+. The Morgan fingerprint density at radius 1 is 1.04 bits per heavy atom. The van der Waals surface area contributed by atoms with Gasteiger partial charge in [-0.2, -0.15) is 15.1 Å². The van der Waals surface area contributed by atoms with Gasteiger partial charge in [0, 0.05) is 84.5 Å². The lowest BCUT2D eigenvalue weighted by molar-refractivity contribution is -0.140. The van der Waals surface area contributed by atoms with Crippen LogP contribution in [0, 0.1) is 18.7 Å². The van der Waals surface area contributed by atoms with E-state index in [4.69, 9.17) is 46.2 Å². The molecule has 0 radical (unpaired) electrons. The largest absolute Gasteiger partial charge is 0.486 e. The third kappa shape index (κ3) is 11.4. The first kappa shape index (κ1) is 54.4. The molecule has 19 nitrogen and oxygen atoms in total. The highest BCUT2D eigenvalue weighted by Crippen LogP contribution is 2.53. The monoisotopic (exact) mass is 1070 g/mol. The van der Waals surface area contributed by atoms with E-state index >= 15 is 4.39 Å². The first-order valence-electron chi connectivity index (χ1n) is 27.1. The lowest BCUT2D eigenvalue weighted by Gasteiger charge is -2.30. The summed E-state index contributed by atoms with van der Waals surface area (Å²) in [4.78, 5) is 55.5. The minimum Gasteiger partial charge on any atom is -0.486 e. The zero-order valence-corrected chi connectivity index (χ0v) is 45.2. The first-order valence-corrected chi connectivity index (χ1v) is 27.1. The van der Waals surface area contributed by atoms with Crippen LogP contribution in [0.15, 0.2) is 89.3 Å². The summed E-state index contributed by atoms with van der Waals surface area (Å²) in [6.07, 6.45) is 11.5. The lowest BCUT2D eigenvalue weighted by Crippen LogP contribution is -2.50. The number of benzene rings is 4. The number of carbonyl (C=O) groups excluding carboxylic acids is 2. The van der Waals surface area contributed by atoms with E-state index in [1.54, 1.807) is 37.5 Å². The molecule has 10 rings (SSSR count). The number of carbonyl (C=O) groups is 2. The number of aliphatic imine (C=N–C) groups is 1. The molecule has 4 aromatic carbocycles. The number of nitrogens with two attached hydrogens (primary N) is 3. The number of hydrogen-bond donors (Lipinski definition) is 6. The Kier molecular flexibility index (Phi) is 16.2. The van der Waals surface area contributed by atoms with Crippen LogP contribution in [-0.2, 0) is 20.9 Å². The average Bonchev–Trinajstić information content (AvgIpc) is 4.03. The van der Waals surface area contributed by atoms with Crippen molar-refractivity contribution in [2.75, 3.05) is 50.6 Å². The van der Waals surface area contributed by atoms with Gasteiger partial charge in [-0.05, 0) is 92.2 Å². The molecule has 1 aliphatic carbocycles. The second-order valence-electron chi connectivity index (χ2n) is 21.3. The van der Waals surface area contributed by atoms with Gasteiger partial charge in [-0.15, -0.1) is 0 Å². The van der Waals surface area contributed by atoms with Crippen LogP contribution in [0.25, 0.3) is 33.3 Å². The zero-order chi connectivity index (χ0) is 55.5. The lowest BCUT2D eigenvalue weighted by atomic mass is 9.87. The number of ether oxygens (including phenoxy) is 3. The van der Waals surface area contributed by atoms with Crippen LogP contribution >= 0.6 is 0 Å². The minimum atomic E-state index is -0.846. The van der Waals surface area contributed by atoms with Crippen LogP contribution in [0.2, 0.25) is 0 Å². The van der Waals surface area contributed by atoms with Gasteiger partial charge in [0.25, 0.3) is 0 Å². The fraction of sp³-hybridized carbons (Fsp3) is 0.407. The van der Waals surface area contributed by atoms with Gasteiger partial charge in [0.2, 0.25) is 11.8 Å². The second-order valence-corrected chi connectivity index (χ2v) is 21.3. The summed E-state index contributed by atoms with van der Waals surface area (Å²) in [6.45, 7) is 9.35. The van der Waals surface area contributed by atoms with Gasteiger partial charge in [-0.1, -0.05) is 62.4 Å². The van der Waals surface area contributed by atoms with Crippen LogP contribution < -0.4 is 42.0 Å². The van der Waals surface area contributed by atoms with E-state index in [2.05, 4.69) is 36.7 Å².